The van der Waals surface area contributed by atoms with E-state index in [1.54, 1.807) is 30.7 Å². The summed E-state index contributed by atoms with van der Waals surface area (Å²) in [4.78, 5) is 40.5. The van der Waals surface area contributed by atoms with E-state index >= 15 is 0 Å². The molecule has 1 aliphatic rings. The first kappa shape index (κ1) is 24.4. The molecule has 0 radical (unpaired) electrons. The molecule has 2 heterocycles. The molecule has 11 nitrogen and oxygen atoms in total. The van der Waals surface area contributed by atoms with Crippen LogP contribution in [0, 0.1) is 12.8 Å². The van der Waals surface area contributed by atoms with E-state index in [9.17, 15) is 22.8 Å². The molecule has 1 fully saturated rings. The summed E-state index contributed by atoms with van der Waals surface area (Å²) < 4.78 is 38.4. The van der Waals surface area contributed by atoms with Gasteiger partial charge in [0.25, 0.3) is 21.8 Å². The Balaban J connectivity index is 1.46. The van der Waals surface area contributed by atoms with Crippen LogP contribution in [0.4, 0.5) is 0 Å². The maximum absolute atomic E-state index is 12.7. The number of imidazole rings is 1. The Kier molecular flexibility index (Phi) is 7.49. The fraction of sp³-hybridized carbons (Fsp3) is 0.429. The summed E-state index contributed by atoms with van der Waals surface area (Å²) in [6.07, 6.45) is 1.98. The molecule has 2 amide bonds. The zero-order valence-electron chi connectivity index (χ0n) is 18.6. The zero-order valence-corrected chi connectivity index (χ0v) is 19.4. The Morgan fingerprint density at radius 3 is 2.33 bits per heavy atom. The fourth-order valence-corrected chi connectivity index (χ4v) is 4.84. The number of carbonyl (C=O) groups is 3. The number of benzene rings is 1. The predicted octanol–water partition coefficient (Wildman–Crippen LogP) is 0.638. The molecule has 0 spiro atoms. The van der Waals surface area contributed by atoms with Crippen molar-refractivity contribution in [1.29, 1.82) is 0 Å². The van der Waals surface area contributed by atoms with Crippen LogP contribution in [0.25, 0.3) is 0 Å². The number of nitrogens with one attached hydrogen (secondary N) is 1. The van der Waals surface area contributed by atoms with Crippen LogP contribution >= 0.6 is 0 Å². The average molecular weight is 479 g/mol. The van der Waals surface area contributed by atoms with Crippen molar-refractivity contribution >= 4 is 27.8 Å². The van der Waals surface area contributed by atoms with Gasteiger partial charge in [-0.1, -0.05) is 0 Å². The van der Waals surface area contributed by atoms with Gasteiger partial charge < -0.3 is 14.0 Å². The third-order valence-corrected chi connectivity index (χ3v) is 7.20. The molecule has 1 aromatic carbocycles. The van der Waals surface area contributed by atoms with Crippen molar-refractivity contribution in [2.24, 2.45) is 13.0 Å². The van der Waals surface area contributed by atoms with Crippen LogP contribution in [0.15, 0.2) is 35.5 Å². The molecule has 1 N–H and O–H groups in total. The van der Waals surface area contributed by atoms with E-state index in [0.29, 0.717) is 11.6 Å². The number of amides is 2. The second kappa shape index (κ2) is 10.1. The molecule has 12 heteroatoms. The summed E-state index contributed by atoms with van der Waals surface area (Å²) in [7, 11) is -0.533. The van der Waals surface area contributed by atoms with E-state index in [1.807, 2.05) is 0 Å². The van der Waals surface area contributed by atoms with Crippen LogP contribution in [-0.4, -0.2) is 66.9 Å². The van der Waals surface area contributed by atoms with Gasteiger partial charge in [0.1, 0.15) is 11.6 Å². The molecule has 0 bridgehead atoms. The number of rotatable bonds is 7. The van der Waals surface area contributed by atoms with Gasteiger partial charge in [-0.3, -0.25) is 19.7 Å². The Hall–Kier alpha value is -3.25. The number of sulfonamides is 1. The first-order valence-corrected chi connectivity index (χ1v) is 11.7. The monoisotopic (exact) mass is 478 g/mol. The topological polar surface area (TPSA) is 137 Å². The average Bonchev–Trinajstić information content (AvgIpc) is 3.16. The lowest BCUT2D eigenvalue weighted by Crippen LogP contribution is -2.41. The summed E-state index contributed by atoms with van der Waals surface area (Å²) in [5.41, 5.74) is 0.257. The summed E-state index contributed by atoms with van der Waals surface area (Å²) in [6, 6.07) is 6.17. The minimum Gasteiger partial charge on any atom is -0.497 e. The highest BCUT2D eigenvalue weighted by Gasteiger charge is 2.34. The van der Waals surface area contributed by atoms with E-state index in [2.05, 4.69) is 10.3 Å². The molecule has 178 valence electrons. The quantitative estimate of drug-likeness (QED) is 0.573. The lowest BCUT2D eigenvalue weighted by atomic mass is 9.98. The number of ether oxygens (including phenoxy) is 2. The summed E-state index contributed by atoms with van der Waals surface area (Å²) in [6.45, 7) is 1.38. The number of imide groups is 1. The number of hydrogen-bond donors (Lipinski definition) is 1. The minimum absolute atomic E-state index is 0.0262. The standard InChI is InChI=1S/C21H26N4O7S/c1-14-22-19(12-24(14)2)33(29,30)25-10-8-16(9-11-25)21(28)32-13-18(26)23-20(27)15-4-6-17(31-3)7-5-15/h4-7,12,16H,8-11,13H2,1-3H3,(H,23,26,27). The Bertz CT molecular complexity index is 1110. The Morgan fingerprint density at radius 2 is 1.79 bits per heavy atom. The summed E-state index contributed by atoms with van der Waals surface area (Å²) in [5, 5.41) is 2.13. The van der Waals surface area contributed by atoms with Crippen molar-refractivity contribution in [3.8, 4) is 5.75 Å². The molecule has 33 heavy (non-hydrogen) atoms. The van der Waals surface area contributed by atoms with Gasteiger partial charge in [0.15, 0.2) is 11.6 Å². The van der Waals surface area contributed by atoms with E-state index in [0.717, 1.165) is 0 Å². The van der Waals surface area contributed by atoms with E-state index in [1.165, 1.54) is 29.7 Å². The van der Waals surface area contributed by atoms with Crippen molar-refractivity contribution < 1.29 is 32.3 Å². The first-order chi connectivity index (χ1) is 15.6. The van der Waals surface area contributed by atoms with Gasteiger partial charge >= 0.3 is 5.97 Å². The molecule has 1 aromatic heterocycles. The highest BCUT2D eigenvalue weighted by atomic mass is 32.2. The molecular formula is C21H26N4O7S. The number of esters is 1. The van der Waals surface area contributed by atoms with Crippen LogP contribution in [-0.2, 0) is 31.4 Å². The van der Waals surface area contributed by atoms with Gasteiger partial charge in [-0.15, -0.1) is 0 Å². The van der Waals surface area contributed by atoms with Crippen molar-refractivity contribution in [3.63, 3.8) is 0 Å². The molecule has 3 rings (SSSR count). The molecule has 0 aliphatic carbocycles. The maximum atomic E-state index is 12.7. The lowest BCUT2D eigenvalue weighted by molar-refractivity contribution is -0.153. The summed E-state index contributed by atoms with van der Waals surface area (Å²) >= 11 is 0. The van der Waals surface area contributed by atoms with Gasteiger partial charge in [-0.2, -0.15) is 4.31 Å². The van der Waals surface area contributed by atoms with E-state index in [-0.39, 0.29) is 36.5 Å². The summed E-state index contributed by atoms with van der Waals surface area (Å²) in [5.74, 6) is -1.37. The van der Waals surface area contributed by atoms with Gasteiger partial charge in [-0.05, 0) is 44.0 Å². The lowest BCUT2D eigenvalue weighted by Gasteiger charge is -2.29. The number of methoxy groups -OCH3 is 1. The first-order valence-electron chi connectivity index (χ1n) is 10.3. The SMILES string of the molecule is COc1ccc(C(=O)NC(=O)COC(=O)C2CCN(S(=O)(=O)c3cn(C)c(C)n3)CC2)cc1. The maximum Gasteiger partial charge on any atom is 0.309 e. The number of piperidine rings is 1. The minimum atomic E-state index is -3.74. The van der Waals surface area contributed by atoms with Crippen LogP contribution in [0.3, 0.4) is 0 Å². The second-order valence-electron chi connectivity index (χ2n) is 7.63. The smallest absolute Gasteiger partial charge is 0.309 e. The number of hydrogen-bond acceptors (Lipinski definition) is 8. The predicted molar refractivity (Wildman–Crippen MR) is 116 cm³/mol. The van der Waals surface area contributed by atoms with E-state index in [4.69, 9.17) is 9.47 Å². The molecule has 1 saturated heterocycles. The van der Waals surface area contributed by atoms with Crippen LogP contribution in [0.2, 0.25) is 0 Å². The van der Waals surface area contributed by atoms with Crippen molar-refractivity contribution in [3.05, 3.63) is 41.9 Å². The third-order valence-electron chi connectivity index (χ3n) is 5.43. The number of aromatic nitrogens is 2. The third kappa shape index (κ3) is 5.76. The molecule has 0 unspecified atom stereocenters. The van der Waals surface area contributed by atoms with Crippen LogP contribution in [0.5, 0.6) is 5.75 Å². The number of nitrogens with zero attached hydrogens (tertiary/aromatic N) is 3. The van der Waals surface area contributed by atoms with Crippen LogP contribution < -0.4 is 10.1 Å². The fourth-order valence-electron chi connectivity index (χ4n) is 3.35. The normalized spacial score (nSPS) is 15.1. The van der Waals surface area contributed by atoms with Gasteiger partial charge in [0.05, 0.1) is 13.0 Å². The van der Waals surface area contributed by atoms with Crippen molar-refractivity contribution in [2.75, 3.05) is 26.8 Å². The van der Waals surface area contributed by atoms with Gasteiger partial charge in [-0.25, -0.2) is 13.4 Å². The highest BCUT2D eigenvalue weighted by Crippen LogP contribution is 2.24. The second-order valence-corrected chi connectivity index (χ2v) is 9.51. The molecule has 0 saturated carbocycles. The number of carbonyl (C=O) groups excluding carboxylic acids is 3. The largest absolute Gasteiger partial charge is 0.497 e. The number of aryl methyl sites for hydroxylation is 2. The zero-order chi connectivity index (χ0) is 24.2. The molecular weight excluding hydrogens is 452 g/mol. The molecule has 0 atom stereocenters. The van der Waals surface area contributed by atoms with Crippen molar-refractivity contribution in [1.82, 2.24) is 19.2 Å². The Morgan fingerprint density at radius 1 is 1.15 bits per heavy atom. The molecule has 1 aliphatic heterocycles. The molecule has 2 aromatic rings. The van der Waals surface area contributed by atoms with Crippen LogP contribution in [0.1, 0.15) is 29.0 Å². The Labute approximate surface area is 191 Å². The van der Waals surface area contributed by atoms with Gasteiger partial charge in [0, 0.05) is 31.9 Å². The highest BCUT2D eigenvalue weighted by molar-refractivity contribution is 7.89. The van der Waals surface area contributed by atoms with Gasteiger partial charge in [0.2, 0.25) is 0 Å². The van der Waals surface area contributed by atoms with E-state index < -0.39 is 40.3 Å². The van der Waals surface area contributed by atoms with Crippen molar-refractivity contribution in [2.45, 2.75) is 24.8 Å².